The highest BCUT2D eigenvalue weighted by Gasteiger charge is 2.24. The Bertz CT molecular complexity index is 885. The molecule has 0 bridgehead atoms. The number of piperidine rings is 2. The lowest BCUT2D eigenvalue weighted by atomic mass is 9.96. The van der Waals surface area contributed by atoms with E-state index in [1.54, 1.807) is 6.08 Å². The molecule has 2 atom stereocenters. The van der Waals surface area contributed by atoms with Crippen LogP contribution in [0.25, 0.3) is 11.0 Å². The van der Waals surface area contributed by atoms with Gasteiger partial charge in [-0.3, -0.25) is 5.32 Å². The Morgan fingerprint density at radius 1 is 1.14 bits per heavy atom. The highest BCUT2D eigenvalue weighted by atomic mass is 15.2. The molecule has 6 nitrogen and oxygen atoms in total. The molecule has 0 saturated carbocycles. The predicted octanol–water partition coefficient (Wildman–Crippen LogP) is 2.55. The van der Waals surface area contributed by atoms with Crippen LogP contribution in [0.2, 0.25) is 0 Å². The summed E-state index contributed by atoms with van der Waals surface area (Å²) >= 11 is 0. The molecule has 0 spiro atoms. The summed E-state index contributed by atoms with van der Waals surface area (Å²) in [5.74, 6) is 0.861. The maximum atomic E-state index is 8.18. The maximum Gasteiger partial charge on any atom is 0.140 e. The molecular formula is C22H32N6. The van der Waals surface area contributed by atoms with Gasteiger partial charge in [0.05, 0.1) is 19.9 Å². The van der Waals surface area contributed by atoms with E-state index in [9.17, 15) is 0 Å². The van der Waals surface area contributed by atoms with E-state index in [2.05, 4.69) is 38.4 Å². The zero-order valence-electron chi connectivity index (χ0n) is 18.4. The third kappa shape index (κ3) is 3.81. The molecular weight excluding hydrogens is 348 g/mol. The van der Waals surface area contributed by atoms with Gasteiger partial charge in [-0.1, -0.05) is 6.08 Å². The first kappa shape index (κ1) is 16.0. The van der Waals surface area contributed by atoms with Crippen molar-refractivity contribution in [2.24, 2.45) is 5.92 Å². The number of hydrogen-bond acceptors (Lipinski definition) is 5. The Labute approximate surface area is 170 Å². The molecule has 2 aromatic heterocycles. The molecule has 150 valence electrons. The Morgan fingerprint density at radius 2 is 2.00 bits per heavy atom. The highest BCUT2D eigenvalue weighted by Crippen LogP contribution is 2.29. The minimum absolute atomic E-state index is 0.509. The molecule has 3 aliphatic heterocycles. The van der Waals surface area contributed by atoms with Gasteiger partial charge in [-0.2, -0.15) is 0 Å². The summed E-state index contributed by atoms with van der Waals surface area (Å²) in [6.45, 7) is 4.77. The van der Waals surface area contributed by atoms with E-state index >= 15 is 0 Å². The Kier molecular flexibility index (Phi) is 4.69. The highest BCUT2D eigenvalue weighted by molar-refractivity contribution is 5.80. The van der Waals surface area contributed by atoms with Crippen LogP contribution in [-0.2, 0) is 0 Å². The SMILES string of the molecule is [2H]C1C=CN(c2cnc3c(ccn3C3CCN(CC4CCNCC4)CC3)c2)C([2H])N1. The average Bonchev–Trinajstić information content (AvgIpc) is 3.18. The van der Waals surface area contributed by atoms with Gasteiger partial charge in [-0.05, 0) is 56.8 Å². The molecule has 2 unspecified atom stereocenters. The molecule has 2 saturated heterocycles. The minimum atomic E-state index is -0.664. The molecule has 28 heavy (non-hydrogen) atoms. The number of hydrogen-bond donors (Lipinski definition) is 2. The zero-order valence-corrected chi connectivity index (χ0v) is 16.4. The van der Waals surface area contributed by atoms with Crippen LogP contribution in [0.5, 0.6) is 0 Å². The van der Waals surface area contributed by atoms with Crippen molar-refractivity contribution >= 4 is 16.7 Å². The molecule has 0 radical (unpaired) electrons. The van der Waals surface area contributed by atoms with Gasteiger partial charge in [-0.15, -0.1) is 0 Å². The number of rotatable bonds is 4. The molecule has 2 aromatic rings. The fraction of sp³-hybridized carbons (Fsp3) is 0.591. The first-order chi connectivity index (χ1) is 14.7. The van der Waals surface area contributed by atoms with Gasteiger partial charge >= 0.3 is 0 Å². The molecule has 2 fully saturated rings. The Hall–Kier alpha value is -1.89. The first-order valence-electron chi connectivity index (χ1n) is 11.8. The van der Waals surface area contributed by atoms with Crippen molar-refractivity contribution in [1.29, 1.82) is 0 Å². The van der Waals surface area contributed by atoms with Crippen LogP contribution in [0.3, 0.4) is 0 Å². The Morgan fingerprint density at radius 3 is 2.82 bits per heavy atom. The standard InChI is InChI=1S/C22H32N6/c1-7-24-17-27(10-1)21-14-19-4-13-28(22(19)25-15-21)20-5-11-26(12-6-20)16-18-2-8-23-9-3-18/h1,4,10,13-15,18,20,23-24H,2-3,5-9,11-12,16-17H2/i7D,17D. The number of fused-ring (bicyclic) bond motifs is 1. The Balaban J connectivity index is 1.25. The summed E-state index contributed by atoms with van der Waals surface area (Å²) in [6.07, 6.45) is 12.6. The van der Waals surface area contributed by atoms with E-state index in [4.69, 9.17) is 7.73 Å². The second kappa shape index (κ2) is 8.23. The van der Waals surface area contributed by atoms with Crippen LogP contribution in [0.1, 0.15) is 34.5 Å². The molecule has 5 heterocycles. The first-order valence-corrected chi connectivity index (χ1v) is 10.6. The third-order valence-electron chi connectivity index (χ3n) is 6.42. The predicted molar refractivity (Wildman–Crippen MR) is 115 cm³/mol. The van der Waals surface area contributed by atoms with Crippen LogP contribution in [0.15, 0.2) is 36.8 Å². The van der Waals surface area contributed by atoms with Crippen molar-refractivity contribution in [2.45, 2.75) is 31.7 Å². The number of aromatic nitrogens is 2. The second-order valence-corrected chi connectivity index (χ2v) is 8.27. The second-order valence-electron chi connectivity index (χ2n) is 8.27. The fourth-order valence-electron chi connectivity index (χ4n) is 4.80. The molecule has 0 amide bonds. The van der Waals surface area contributed by atoms with Crippen LogP contribution in [0, 0.1) is 5.92 Å². The molecule has 2 N–H and O–H groups in total. The summed E-state index contributed by atoms with van der Waals surface area (Å²) in [4.78, 5) is 9.24. The number of pyridine rings is 1. The summed E-state index contributed by atoms with van der Waals surface area (Å²) in [5.41, 5.74) is 1.91. The van der Waals surface area contributed by atoms with Gasteiger partial charge in [0.2, 0.25) is 0 Å². The summed E-state index contributed by atoms with van der Waals surface area (Å²) < 4.78 is 18.3. The van der Waals surface area contributed by atoms with Crippen LogP contribution < -0.4 is 15.5 Å². The lowest BCUT2D eigenvalue weighted by Crippen LogP contribution is -2.40. The smallest absolute Gasteiger partial charge is 0.140 e. The quantitative estimate of drug-likeness (QED) is 0.851. The van der Waals surface area contributed by atoms with Gasteiger partial charge in [0.25, 0.3) is 0 Å². The van der Waals surface area contributed by atoms with Crippen molar-refractivity contribution in [2.75, 3.05) is 50.8 Å². The van der Waals surface area contributed by atoms with Crippen molar-refractivity contribution in [3.8, 4) is 0 Å². The lowest BCUT2D eigenvalue weighted by Gasteiger charge is -2.36. The number of nitrogens with zero attached hydrogens (tertiary/aromatic N) is 4. The van der Waals surface area contributed by atoms with Gasteiger partial charge < -0.3 is 19.7 Å². The van der Waals surface area contributed by atoms with Crippen molar-refractivity contribution < 1.29 is 2.74 Å². The molecule has 5 rings (SSSR count). The molecule has 0 aromatic carbocycles. The topological polar surface area (TPSA) is 48.4 Å². The van der Waals surface area contributed by atoms with E-state index < -0.39 is 13.2 Å². The van der Waals surface area contributed by atoms with Gasteiger partial charge in [0.15, 0.2) is 0 Å². The van der Waals surface area contributed by atoms with E-state index in [-0.39, 0.29) is 0 Å². The number of likely N-dealkylation sites (tertiary alicyclic amines) is 1. The van der Waals surface area contributed by atoms with E-state index in [0.717, 1.165) is 22.6 Å². The van der Waals surface area contributed by atoms with Crippen molar-refractivity contribution in [3.05, 3.63) is 36.8 Å². The third-order valence-corrected chi connectivity index (χ3v) is 6.42. The summed E-state index contributed by atoms with van der Waals surface area (Å²) in [7, 11) is 0. The summed E-state index contributed by atoms with van der Waals surface area (Å²) in [5, 5.41) is 7.47. The van der Waals surface area contributed by atoms with E-state index in [1.807, 2.05) is 17.3 Å². The van der Waals surface area contributed by atoms with Crippen LogP contribution in [0.4, 0.5) is 5.69 Å². The number of nitrogens with one attached hydrogen (secondary N) is 2. The van der Waals surface area contributed by atoms with Crippen molar-refractivity contribution in [3.63, 3.8) is 0 Å². The minimum Gasteiger partial charge on any atom is -0.334 e. The van der Waals surface area contributed by atoms with Crippen LogP contribution >= 0.6 is 0 Å². The van der Waals surface area contributed by atoms with Gasteiger partial charge in [-0.25, -0.2) is 4.98 Å². The van der Waals surface area contributed by atoms with Crippen LogP contribution in [-0.4, -0.2) is 60.3 Å². The largest absolute Gasteiger partial charge is 0.334 e. The number of anilines is 1. The normalized spacial score (nSPS) is 29.2. The maximum absolute atomic E-state index is 8.18. The fourth-order valence-corrected chi connectivity index (χ4v) is 4.80. The zero-order chi connectivity index (χ0) is 20.5. The van der Waals surface area contributed by atoms with Crippen molar-refractivity contribution in [1.82, 2.24) is 25.1 Å². The average molecular weight is 383 g/mol. The van der Waals surface area contributed by atoms with E-state index in [0.29, 0.717) is 6.04 Å². The molecule has 0 aliphatic carbocycles. The van der Waals surface area contributed by atoms with E-state index in [1.165, 1.54) is 58.4 Å². The molecule has 3 aliphatic rings. The summed E-state index contributed by atoms with van der Waals surface area (Å²) in [6, 6.07) is 4.75. The lowest BCUT2D eigenvalue weighted by molar-refractivity contribution is 0.151. The molecule has 6 heteroatoms. The van der Waals surface area contributed by atoms with Gasteiger partial charge in [0, 0.05) is 51.4 Å². The monoisotopic (exact) mass is 382 g/mol. The van der Waals surface area contributed by atoms with Gasteiger partial charge in [0.1, 0.15) is 5.65 Å².